The lowest BCUT2D eigenvalue weighted by Crippen LogP contribution is -2.58. The Morgan fingerprint density at radius 3 is 2.66 bits per heavy atom. The van der Waals surface area contributed by atoms with Crippen molar-refractivity contribution in [1.29, 1.82) is 0 Å². The third-order valence-electron chi connectivity index (χ3n) is 5.37. The van der Waals surface area contributed by atoms with Crippen molar-refractivity contribution in [3.8, 4) is 0 Å². The van der Waals surface area contributed by atoms with Gasteiger partial charge in [-0.3, -0.25) is 4.90 Å². The van der Waals surface area contributed by atoms with Gasteiger partial charge >= 0.3 is 6.18 Å². The summed E-state index contributed by atoms with van der Waals surface area (Å²) >= 11 is 1.39. The number of fused-ring (bicyclic) bond motifs is 1. The Balaban J connectivity index is 1.60. The summed E-state index contributed by atoms with van der Waals surface area (Å²) in [5.74, 6) is -1.61. The van der Waals surface area contributed by atoms with Crippen LogP contribution < -0.4 is 5.73 Å². The second-order valence-corrected chi connectivity index (χ2v) is 7.98. The highest BCUT2D eigenvalue weighted by Gasteiger charge is 2.54. The van der Waals surface area contributed by atoms with Gasteiger partial charge in [-0.05, 0) is 36.6 Å². The number of benzene rings is 1. The van der Waals surface area contributed by atoms with E-state index in [0.717, 1.165) is 23.8 Å². The van der Waals surface area contributed by atoms with Gasteiger partial charge in [-0.15, -0.1) is 0 Å². The third kappa shape index (κ3) is 3.88. The molecular weight excluding hydrogens is 415 g/mol. The maximum Gasteiger partial charge on any atom is 0.416 e. The van der Waals surface area contributed by atoms with E-state index in [1.807, 2.05) is 6.26 Å². The van der Waals surface area contributed by atoms with E-state index in [0.29, 0.717) is 12.2 Å². The molecule has 29 heavy (non-hydrogen) atoms. The van der Waals surface area contributed by atoms with Gasteiger partial charge in [0.25, 0.3) is 0 Å². The van der Waals surface area contributed by atoms with Crippen LogP contribution in [0.1, 0.15) is 29.3 Å². The monoisotopic (exact) mass is 434 g/mol. The number of halogens is 5. The number of nitrogens with two attached hydrogens (primary N) is 1. The zero-order valence-electron chi connectivity index (χ0n) is 15.4. The van der Waals surface area contributed by atoms with Gasteiger partial charge in [0, 0.05) is 48.8 Å². The van der Waals surface area contributed by atoms with Gasteiger partial charge in [0.15, 0.2) is 6.10 Å². The Labute approximate surface area is 168 Å². The van der Waals surface area contributed by atoms with E-state index in [9.17, 15) is 22.0 Å². The number of hydrogen-bond acceptors (Lipinski definition) is 5. The molecule has 158 valence electrons. The van der Waals surface area contributed by atoms with Crippen LogP contribution in [0.15, 0.2) is 24.4 Å². The van der Waals surface area contributed by atoms with Crippen LogP contribution in [0.5, 0.6) is 0 Å². The predicted octanol–water partition coefficient (Wildman–Crippen LogP) is 3.39. The molecule has 4 rings (SSSR count). The molecule has 5 nitrogen and oxygen atoms in total. The molecule has 1 aromatic heterocycles. The predicted molar refractivity (Wildman–Crippen MR) is 96.8 cm³/mol. The van der Waals surface area contributed by atoms with E-state index in [1.54, 1.807) is 15.2 Å². The maximum atomic E-state index is 14.2. The lowest BCUT2D eigenvalue weighted by Gasteiger charge is -2.44. The summed E-state index contributed by atoms with van der Waals surface area (Å²) in [6.07, 6.45) is -4.69. The standard InChI is InChI=1S/C18H19F5N4OS/c1-29-27-7-9-6-26(8-14(9)25-27)15-5-13(24)16(28-17(15)18(21,22)23)11-4-10(19)2-3-12(11)20/h2-4,7,13,15-17H,5-6,8,24H2,1H3/t13?,15?,16-,17?/m1/s1. The van der Waals surface area contributed by atoms with Crippen molar-refractivity contribution >= 4 is 11.9 Å². The second kappa shape index (κ2) is 7.53. The fourth-order valence-electron chi connectivity index (χ4n) is 4.03. The largest absolute Gasteiger partial charge is 0.416 e. The van der Waals surface area contributed by atoms with Gasteiger partial charge in [-0.2, -0.15) is 18.3 Å². The highest BCUT2D eigenvalue weighted by molar-refractivity contribution is 7.97. The molecule has 2 N–H and O–H groups in total. The average Bonchev–Trinajstić information content (AvgIpc) is 3.21. The molecule has 0 saturated carbocycles. The molecule has 3 unspecified atom stereocenters. The van der Waals surface area contributed by atoms with Crippen LogP contribution in [0.25, 0.3) is 0 Å². The zero-order valence-corrected chi connectivity index (χ0v) is 16.2. The molecule has 0 aliphatic carbocycles. The van der Waals surface area contributed by atoms with Crippen LogP contribution in [0, 0.1) is 11.6 Å². The van der Waals surface area contributed by atoms with E-state index in [2.05, 4.69) is 5.10 Å². The molecule has 11 heteroatoms. The maximum absolute atomic E-state index is 14.2. The Hall–Kier alpha value is -1.69. The van der Waals surface area contributed by atoms with Gasteiger partial charge in [0.2, 0.25) is 0 Å². The first kappa shape index (κ1) is 20.6. The molecule has 0 spiro atoms. The molecule has 0 bridgehead atoms. The Morgan fingerprint density at radius 2 is 2.00 bits per heavy atom. The Kier molecular flexibility index (Phi) is 5.34. The van der Waals surface area contributed by atoms with E-state index in [1.165, 1.54) is 11.9 Å². The normalized spacial score (nSPS) is 28.0. The van der Waals surface area contributed by atoms with Crippen LogP contribution in [-0.2, 0) is 17.8 Å². The minimum atomic E-state index is -4.69. The average molecular weight is 434 g/mol. The summed E-state index contributed by atoms with van der Waals surface area (Å²) in [5, 5.41) is 4.34. The quantitative estimate of drug-likeness (QED) is 0.751. The van der Waals surface area contributed by atoms with Gasteiger partial charge in [-0.1, -0.05) is 0 Å². The molecule has 2 aliphatic rings. The van der Waals surface area contributed by atoms with E-state index in [-0.39, 0.29) is 18.5 Å². The molecule has 0 radical (unpaired) electrons. The fraction of sp³-hybridized carbons (Fsp3) is 0.500. The summed E-state index contributed by atoms with van der Waals surface area (Å²) in [4.78, 5) is 1.64. The van der Waals surface area contributed by atoms with Crippen molar-refractivity contribution in [2.45, 2.75) is 50.0 Å². The third-order valence-corrected chi connectivity index (χ3v) is 5.93. The van der Waals surface area contributed by atoms with Gasteiger partial charge in [0.05, 0.1) is 5.69 Å². The second-order valence-electron chi connectivity index (χ2n) is 7.24. The van der Waals surface area contributed by atoms with Gasteiger partial charge in [-0.25, -0.2) is 12.9 Å². The van der Waals surface area contributed by atoms with Crippen molar-refractivity contribution in [2.24, 2.45) is 5.73 Å². The van der Waals surface area contributed by atoms with Crippen molar-refractivity contribution < 1.29 is 26.7 Å². The first-order chi connectivity index (χ1) is 13.7. The van der Waals surface area contributed by atoms with Crippen molar-refractivity contribution in [3.63, 3.8) is 0 Å². The highest BCUT2D eigenvalue weighted by atomic mass is 32.2. The van der Waals surface area contributed by atoms with Crippen molar-refractivity contribution in [3.05, 3.63) is 52.9 Å². The molecule has 4 atom stereocenters. The zero-order chi connectivity index (χ0) is 20.9. The van der Waals surface area contributed by atoms with E-state index in [4.69, 9.17) is 10.5 Å². The molecule has 2 aliphatic heterocycles. The minimum Gasteiger partial charge on any atom is -0.357 e. The van der Waals surface area contributed by atoms with Gasteiger partial charge in [0.1, 0.15) is 17.7 Å². The summed E-state index contributed by atoms with van der Waals surface area (Å²) in [7, 11) is 0. The first-order valence-electron chi connectivity index (χ1n) is 8.96. The Bertz CT molecular complexity index is 881. The first-order valence-corrected chi connectivity index (χ1v) is 10.1. The number of nitrogens with zero attached hydrogens (tertiary/aromatic N) is 3. The molecule has 1 aromatic carbocycles. The van der Waals surface area contributed by atoms with Crippen LogP contribution in [0.2, 0.25) is 0 Å². The smallest absolute Gasteiger partial charge is 0.357 e. The van der Waals surface area contributed by atoms with Crippen LogP contribution in [0.3, 0.4) is 0 Å². The summed E-state index contributed by atoms with van der Waals surface area (Å²) < 4.78 is 76.2. The van der Waals surface area contributed by atoms with E-state index >= 15 is 0 Å². The molecular formula is C18H19F5N4OS. The molecule has 0 amide bonds. The van der Waals surface area contributed by atoms with Crippen LogP contribution >= 0.6 is 11.9 Å². The van der Waals surface area contributed by atoms with Crippen molar-refractivity contribution in [1.82, 2.24) is 14.1 Å². The Morgan fingerprint density at radius 1 is 1.24 bits per heavy atom. The number of rotatable bonds is 3. The number of aromatic nitrogens is 2. The van der Waals surface area contributed by atoms with Crippen molar-refractivity contribution in [2.75, 3.05) is 6.26 Å². The molecule has 3 heterocycles. The SMILES string of the molecule is CSn1cc2c(n1)CN(C1CC(N)[C@@H](c3cc(F)ccc3F)OC1C(F)(F)F)C2. The lowest BCUT2D eigenvalue weighted by atomic mass is 9.89. The fourth-order valence-corrected chi connectivity index (χ4v) is 4.44. The summed E-state index contributed by atoms with van der Waals surface area (Å²) in [6.45, 7) is 0.539. The minimum absolute atomic E-state index is 0.0718. The van der Waals surface area contributed by atoms with Crippen LogP contribution in [0.4, 0.5) is 22.0 Å². The van der Waals surface area contributed by atoms with Crippen LogP contribution in [-0.4, -0.2) is 44.7 Å². The molecule has 1 saturated heterocycles. The summed E-state index contributed by atoms with van der Waals surface area (Å²) in [6, 6.07) is 0.625. The number of ether oxygens (including phenoxy) is 1. The molecule has 2 aromatic rings. The molecule has 1 fully saturated rings. The van der Waals surface area contributed by atoms with E-state index < -0.39 is 42.1 Å². The number of alkyl halides is 3. The van der Waals surface area contributed by atoms with Gasteiger partial charge < -0.3 is 10.5 Å². The number of hydrogen-bond donors (Lipinski definition) is 1. The topological polar surface area (TPSA) is 56.3 Å². The highest BCUT2D eigenvalue weighted by Crippen LogP contribution is 2.42. The lowest BCUT2D eigenvalue weighted by molar-refractivity contribution is -0.269. The summed E-state index contributed by atoms with van der Waals surface area (Å²) in [5.41, 5.74) is 7.36.